The second-order valence-corrected chi connectivity index (χ2v) is 11.6. The summed E-state index contributed by atoms with van der Waals surface area (Å²) < 4.78 is 36.3. The molecular weight excluding hydrogens is 526 g/mol. The Hall–Kier alpha value is -3.54. The summed E-state index contributed by atoms with van der Waals surface area (Å²) in [5, 5.41) is 0. The molecule has 0 fully saturated rings. The molecule has 0 saturated carbocycles. The zero-order valence-electron chi connectivity index (χ0n) is 25.0. The molecule has 0 bridgehead atoms. The van der Waals surface area contributed by atoms with Gasteiger partial charge in [0.05, 0.1) is 6.61 Å². The number of ether oxygens (including phenoxy) is 7. The van der Waals surface area contributed by atoms with Crippen molar-refractivity contribution >= 4 is 24.4 Å². The third-order valence-electron chi connectivity index (χ3n) is 4.71. The predicted molar refractivity (Wildman–Crippen MR) is 144 cm³/mol. The van der Waals surface area contributed by atoms with Crippen molar-refractivity contribution in [3.05, 3.63) is 23.8 Å². The van der Waals surface area contributed by atoms with Gasteiger partial charge in [-0.1, -0.05) is 19.9 Å². The van der Waals surface area contributed by atoms with Crippen LogP contribution in [0.15, 0.2) is 18.2 Å². The van der Waals surface area contributed by atoms with Crippen molar-refractivity contribution in [2.75, 3.05) is 6.61 Å². The summed E-state index contributed by atoms with van der Waals surface area (Å²) in [4.78, 5) is 48.9. The van der Waals surface area contributed by atoms with Crippen LogP contribution in [0, 0.1) is 5.92 Å². The van der Waals surface area contributed by atoms with E-state index in [1.807, 2.05) is 13.8 Å². The maximum atomic E-state index is 12.6. The van der Waals surface area contributed by atoms with Crippen LogP contribution in [0.2, 0.25) is 0 Å². The molecule has 0 radical (unpaired) electrons. The Morgan fingerprint density at radius 1 is 0.750 bits per heavy atom. The number of hydrogen-bond acceptors (Lipinski definition) is 12. The van der Waals surface area contributed by atoms with E-state index in [4.69, 9.17) is 38.9 Å². The average molecular weight is 570 g/mol. The van der Waals surface area contributed by atoms with E-state index in [1.54, 1.807) is 55.4 Å². The molecular formula is C28H43NO11. The number of carbonyl (C=O) groups excluding carboxylic acids is 4. The molecule has 3 atom stereocenters. The second-order valence-electron chi connectivity index (χ2n) is 11.6. The van der Waals surface area contributed by atoms with Gasteiger partial charge in [-0.15, -0.1) is 0 Å². The molecule has 0 aliphatic rings. The fraction of sp³-hybridized carbons (Fsp3) is 0.643. The Kier molecular flexibility index (Phi) is 12.7. The summed E-state index contributed by atoms with van der Waals surface area (Å²) in [6.45, 7) is 17.1. The maximum Gasteiger partial charge on any atom is 0.514 e. The van der Waals surface area contributed by atoms with Crippen molar-refractivity contribution in [2.24, 2.45) is 11.7 Å². The van der Waals surface area contributed by atoms with Gasteiger partial charge < -0.3 is 38.9 Å². The minimum absolute atomic E-state index is 0.0192. The summed E-state index contributed by atoms with van der Waals surface area (Å²) in [5.41, 5.74) is 4.87. The molecule has 1 aromatic carbocycles. The van der Waals surface area contributed by atoms with Gasteiger partial charge >= 0.3 is 24.4 Å². The van der Waals surface area contributed by atoms with Crippen LogP contribution in [0.4, 0.5) is 14.4 Å². The number of esters is 1. The summed E-state index contributed by atoms with van der Waals surface area (Å²) >= 11 is 0. The van der Waals surface area contributed by atoms with Crippen LogP contribution in [0.25, 0.3) is 0 Å². The van der Waals surface area contributed by atoms with E-state index in [0.717, 1.165) is 0 Å². The molecule has 2 N–H and O–H groups in total. The summed E-state index contributed by atoms with van der Waals surface area (Å²) in [6.07, 6.45) is -4.51. The Bertz CT molecular complexity index is 1020. The minimum Gasteiger partial charge on any atom is -0.458 e. The molecule has 226 valence electrons. The molecule has 0 heterocycles. The van der Waals surface area contributed by atoms with Gasteiger partial charge in [0.2, 0.25) is 0 Å². The first kappa shape index (κ1) is 34.5. The molecule has 12 nitrogen and oxygen atoms in total. The molecule has 0 spiro atoms. The molecule has 40 heavy (non-hydrogen) atoms. The lowest BCUT2D eigenvalue weighted by atomic mass is 10.1. The molecule has 0 aliphatic carbocycles. The third-order valence-corrected chi connectivity index (χ3v) is 4.71. The van der Waals surface area contributed by atoms with Crippen LogP contribution < -0.4 is 15.2 Å². The van der Waals surface area contributed by atoms with Gasteiger partial charge in [0, 0.05) is 0 Å². The Morgan fingerprint density at radius 3 is 1.75 bits per heavy atom. The van der Waals surface area contributed by atoms with E-state index in [-0.39, 0.29) is 30.4 Å². The van der Waals surface area contributed by atoms with Gasteiger partial charge in [0.15, 0.2) is 11.5 Å². The van der Waals surface area contributed by atoms with E-state index in [1.165, 1.54) is 18.2 Å². The summed E-state index contributed by atoms with van der Waals surface area (Å²) in [7, 11) is 0. The molecule has 1 aromatic rings. The SMILES string of the molecule is CC(C)COC(=O)O[C@@H](C)[C@H](C)OC(=O)[C@@H](N)Cc1ccc(OC(=O)OC(C)(C)C)c(OC(=O)OC(C)(C)C)c1. The zero-order chi connectivity index (χ0) is 30.8. The highest BCUT2D eigenvalue weighted by molar-refractivity contribution is 5.76. The molecule has 0 aromatic heterocycles. The molecule has 0 unspecified atom stereocenters. The first-order chi connectivity index (χ1) is 18.3. The largest absolute Gasteiger partial charge is 0.514 e. The van der Waals surface area contributed by atoms with Gasteiger partial charge in [-0.25, -0.2) is 14.4 Å². The fourth-order valence-electron chi connectivity index (χ4n) is 2.78. The van der Waals surface area contributed by atoms with Crippen molar-refractivity contribution in [3.63, 3.8) is 0 Å². The van der Waals surface area contributed by atoms with Crippen LogP contribution in [0.3, 0.4) is 0 Å². The van der Waals surface area contributed by atoms with Gasteiger partial charge in [0.25, 0.3) is 0 Å². The highest BCUT2D eigenvalue weighted by Crippen LogP contribution is 2.31. The Balaban J connectivity index is 2.95. The van der Waals surface area contributed by atoms with Gasteiger partial charge in [-0.3, -0.25) is 4.79 Å². The van der Waals surface area contributed by atoms with Crippen LogP contribution in [-0.4, -0.2) is 60.5 Å². The molecule has 0 amide bonds. The van der Waals surface area contributed by atoms with Crippen LogP contribution >= 0.6 is 0 Å². The number of rotatable bonds is 10. The van der Waals surface area contributed by atoms with Crippen molar-refractivity contribution in [2.45, 2.75) is 105 Å². The molecule has 12 heteroatoms. The minimum atomic E-state index is -1.12. The fourth-order valence-corrected chi connectivity index (χ4v) is 2.78. The van der Waals surface area contributed by atoms with Gasteiger partial charge in [-0.2, -0.15) is 0 Å². The highest BCUT2D eigenvalue weighted by Gasteiger charge is 2.27. The van der Waals surface area contributed by atoms with Crippen LogP contribution in [0.5, 0.6) is 11.5 Å². The van der Waals surface area contributed by atoms with Crippen LogP contribution in [0.1, 0.15) is 74.8 Å². The first-order valence-corrected chi connectivity index (χ1v) is 13.0. The summed E-state index contributed by atoms with van der Waals surface area (Å²) in [5.74, 6) is -0.858. The zero-order valence-corrected chi connectivity index (χ0v) is 25.0. The second kappa shape index (κ2) is 14.7. The van der Waals surface area contributed by atoms with Gasteiger partial charge in [-0.05, 0) is 85.4 Å². The van der Waals surface area contributed by atoms with E-state index in [0.29, 0.717) is 5.56 Å². The topological polar surface area (TPSA) is 159 Å². The molecule has 0 saturated heterocycles. The predicted octanol–water partition coefficient (Wildman–Crippen LogP) is 5.31. The highest BCUT2D eigenvalue weighted by atomic mass is 16.8. The lowest BCUT2D eigenvalue weighted by Gasteiger charge is -2.22. The quantitative estimate of drug-likeness (QED) is 0.220. The lowest BCUT2D eigenvalue weighted by molar-refractivity contribution is -0.155. The standard InChI is InChI=1S/C28H43NO11/c1-16(2)15-34-24(31)36-18(4)17(3)35-23(30)20(29)13-19-11-12-21(37-25(32)39-27(5,6)7)22(14-19)38-26(33)40-28(8,9)10/h11-12,14,16-18,20H,13,15,29H2,1-10H3/t17-,18-,20-/m0/s1. The average Bonchev–Trinajstić information content (AvgIpc) is 2.76. The Morgan fingerprint density at radius 2 is 1.25 bits per heavy atom. The van der Waals surface area contributed by atoms with E-state index < -0.39 is 53.9 Å². The van der Waals surface area contributed by atoms with Crippen molar-refractivity contribution < 1.29 is 52.3 Å². The number of nitrogens with two attached hydrogens (primary N) is 1. The first-order valence-electron chi connectivity index (χ1n) is 13.0. The maximum absolute atomic E-state index is 12.6. The van der Waals surface area contributed by atoms with Gasteiger partial charge in [0.1, 0.15) is 29.5 Å². The number of benzene rings is 1. The lowest BCUT2D eigenvalue weighted by Crippen LogP contribution is -2.39. The third kappa shape index (κ3) is 14.0. The van der Waals surface area contributed by atoms with E-state index in [9.17, 15) is 19.2 Å². The smallest absolute Gasteiger partial charge is 0.458 e. The van der Waals surface area contributed by atoms with Crippen molar-refractivity contribution in [1.29, 1.82) is 0 Å². The van der Waals surface area contributed by atoms with E-state index in [2.05, 4.69) is 0 Å². The van der Waals surface area contributed by atoms with E-state index >= 15 is 0 Å². The molecule has 1 rings (SSSR count). The van der Waals surface area contributed by atoms with Crippen molar-refractivity contribution in [3.8, 4) is 11.5 Å². The Labute approximate surface area is 235 Å². The van der Waals surface area contributed by atoms with Crippen molar-refractivity contribution in [1.82, 2.24) is 0 Å². The monoisotopic (exact) mass is 569 g/mol. The normalized spacial score (nSPS) is 13.9. The number of carbonyl (C=O) groups is 4. The number of hydrogen-bond donors (Lipinski definition) is 1. The van der Waals surface area contributed by atoms with Crippen LogP contribution in [-0.2, 0) is 34.9 Å². The molecule has 0 aliphatic heterocycles. The summed E-state index contributed by atoms with van der Waals surface area (Å²) in [6, 6.07) is 3.18.